The van der Waals surface area contributed by atoms with Gasteiger partial charge < -0.3 is 10.2 Å². The number of nitrogens with zero attached hydrogens (tertiary/aromatic N) is 1. The molecule has 0 saturated heterocycles. The molecule has 2 atom stereocenters. The number of unbranched alkanes of at least 4 members (excludes halogenated alkanes) is 6. The van der Waals surface area contributed by atoms with Gasteiger partial charge in [0.05, 0.1) is 11.8 Å². The zero-order valence-corrected chi connectivity index (χ0v) is 25.3. The highest BCUT2D eigenvalue weighted by atomic mass is 16.3. The van der Waals surface area contributed by atoms with E-state index in [1.165, 1.54) is 0 Å². The van der Waals surface area contributed by atoms with Crippen molar-refractivity contribution in [3.8, 4) is 11.5 Å². The molecule has 0 spiro atoms. The summed E-state index contributed by atoms with van der Waals surface area (Å²) in [7, 11) is 0. The number of benzene rings is 2. The van der Waals surface area contributed by atoms with E-state index in [9.17, 15) is 19.8 Å². The topological polar surface area (TPSA) is 104 Å². The monoisotopic (exact) mass is 552 g/mol. The molecule has 0 bridgehead atoms. The molecular weight excluding hydrogens is 500 g/mol. The molecule has 0 radical (unpaired) electrons. The summed E-state index contributed by atoms with van der Waals surface area (Å²) < 4.78 is 0. The van der Waals surface area contributed by atoms with Crippen LogP contribution in [0.4, 0.5) is 0 Å². The van der Waals surface area contributed by atoms with Crippen molar-refractivity contribution < 1.29 is 19.8 Å². The largest absolute Gasteiger partial charge is 0.508 e. The van der Waals surface area contributed by atoms with Crippen molar-refractivity contribution in [1.82, 2.24) is 5.01 Å². The lowest BCUT2D eigenvalue weighted by molar-refractivity contribution is -0.147. The fourth-order valence-electron chi connectivity index (χ4n) is 5.29. The van der Waals surface area contributed by atoms with Crippen LogP contribution in [-0.4, -0.2) is 27.0 Å². The first-order valence-electron chi connectivity index (χ1n) is 15.5. The van der Waals surface area contributed by atoms with Crippen LogP contribution in [0.3, 0.4) is 0 Å². The highest BCUT2D eigenvalue weighted by Crippen LogP contribution is 2.33. The minimum atomic E-state index is -0.558. The van der Waals surface area contributed by atoms with Crippen molar-refractivity contribution in [2.75, 3.05) is 0 Å². The van der Waals surface area contributed by atoms with Crippen LogP contribution >= 0.6 is 0 Å². The Morgan fingerprint density at radius 1 is 0.650 bits per heavy atom. The number of nitrogens with two attached hydrogens (primary N) is 1. The van der Waals surface area contributed by atoms with Crippen molar-refractivity contribution in [3.63, 3.8) is 0 Å². The van der Waals surface area contributed by atoms with Gasteiger partial charge in [0.1, 0.15) is 11.5 Å². The molecule has 0 fully saturated rings. The summed E-state index contributed by atoms with van der Waals surface area (Å²) in [6, 6.07) is 10.7. The normalized spacial score (nSPS) is 12.7. The number of aryl methyl sites for hydroxylation is 2. The van der Waals surface area contributed by atoms with E-state index in [1.807, 2.05) is 12.1 Å². The average Bonchev–Trinajstić information content (AvgIpc) is 2.96. The van der Waals surface area contributed by atoms with Crippen molar-refractivity contribution in [2.24, 2.45) is 5.84 Å². The minimum absolute atomic E-state index is 0.236. The molecule has 0 aliphatic heterocycles. The fraction of sp³-hybridized carbons (Fsp3) is 0.588. The smallest absolute Gasteiger partial charge is 0.251 e. The van der Waals surface area contributed by atoms with Crippen LogP contribution < -0.4 is 5.84 Å². The molecule has 0 aliphatic rings. The zero-order chi connectivity index (χ0) is 29.5. The first kappa shape index (κ1) is 33.3. The number of hydrogen-bond donors (Lipinski definition) is 3. The number of phenolic OH excluding ortho intramolecular Hbond substituents is 2. The molecule has 2 aromatic carbocycles. The van der Waals surface area contributed by atoms with E-state index in [-0.39, 0.29) is 11.5 Å². The number of rotatable bonds is 18. The van der Waals surface area contributed by atoms with Crippen molar-refractivity contribution in [3.05, 3.63) is 58.7 Å². The fourth-order valence-corrected chi connectivity index (χ4v) is 5.29. The van der Waals surface area contributed by atoms with Gasteiger partial charge in [-0.1, -0.05) is 103 Å². The summed E-state index contributed by atoms with van der Waals surface area (Å²) in [4.78, 5) is 27.8. The lowest BCUT2D eigenvalue weighted by Gasteiger charge is -2.27. The molecule has 2 aromatic rings. The number of imide groups is 1. The molecule has 0 aliphatic carbocycles. The predicted molar refractivity (Wildman–Crippen MR) is 163 cm³/mol. The third-order valence-corrected chi connectivity index (χ3v) is 7.87. The van der Waals surface area contributed by atoms with Crippen molar-refractivity contribution in [1.29, 1.82) is 0 Å². The number of carbonyl (C=O) groups excluding carboxylic acids is 2. The second-order valence-corrected chi connectivity index (χ2v) is 11.1. The number of hydrazine groups is 1. The molecule has 0 saturated carbocycles. The van der Waals surface area contributed by atoms with Gasteiger partial charge in [-0.3, -0.25) is 9.59 Å². The Kier molecular flexibility index (Phi) is 14.8. The quantitative estimate of drug-likeness (QED) is 0.0751. The van der Waals surface area contributed by atoms with Crippen LogP contribution in [0.15, 0.2) is 36.4 Å². The highest BCUT2D eigenvalue weighted by molar-refractivity contribution is 6.00. The lowest BCUT2D eigenvalue weighted by atomic mass is 9.88. The molecule has 0 aromatic heterocycles. The Labute approximate surface area is 241 Å². The predicted octanol–water partition coefficient (Wildman–Crippen LogP) is 8.04. The van der Waals surface area contributed by atoms with Gasteiger partial charge in [-0.25, -0.2) is 10.9 Å². The second kappa shape index (κ2) is 17.8. The summed E-state index contributed by atoms with van der Waals surface area (Å²) in [5.74, 6) is 4.93. The van der Waals surface area contributed by atoms with Gasteiger partial charge in [-0.15, -0.1) is 0 Å². The van der Waals surface area contributed by atoms with E-state index in [0.29, 0.717) is 12.8 Å². The summed E-state index contributed by atoms with van der Waals surface area (Å²) in [5, 5.41) is 21.6. The van der Waals surface area contributed by atoms with Crippen LogP contribution in [-0.2, 0) is 22.4 Å². The number of hydrogen-bond acceptors (Lipinski definition) is 5. The van der Waals surface area contributed by atoms with Crippen LogP contribution in [0, 0.1) is 0 Å². The Hall–Kier alpha value is -2.86. The molecular formula is C34H52N2O4. The van der Waals surface area contributed by atoms with E-state index in [1.54, 1.807) is 24.3 Å². The Bertz CT molecular complexity index is 984. The maximum atomic E-state index is 13.9. The van der Waals surface area contributed by atoms with Gasteiger partial charge >= 0.3 is 0 Å². The van der Waals surface area contributed by atoms with Gasteiger partial charge in [0.2, 0.25) is 0 Å². The van der Waals surface area contributed by atoms with Gasteiger partial charge in [0.15, 0.2) is 0 Å². The van der Waals surface area contributed by atoms with E-state index >= 15 is 0 Å². The molecule has 222 valence electrons. The maximum Gasteiger partial charge on any atom is 0.251 e. The Morgan fingerprint density at radius 2 is 1.02 bits per heavy atom. The Morgan fingerprint density at radius 3 is 1.38 bits per heavy atom. The van der Waals surface area contributed by atoms with Gasteiger partial charge in [0.25, 0.3) is 11.8 Å². The van der Waals surface area contributed by atoms with Gasteiger partial charge in [0, 0.05) is 0 Å². The number of carbonyl (C=O) groups is 2. The first-order chi connectivity index (χ1) is 19.3. The summed E-state index contributed by atoms with van der Waals surface area (Å²) in [6.45, 7) is 8.44. The number of aromatic hydroxyl groups is 2. The second-order valence-electron chi connectivity index (χ2n) is 11.1. The van der Waals surface area contributed by atoms with Crippen LogP contribution in [0.1, 0.15) is 139 Å². The maximum absolute atomic E-state index is 13.9. The van der Waals surface area contributed by atoms with Crippen LogP contribution in [0.5, 0.6) is 11.5 Å². The molecule has 2 unspecified atom stereocenters. The van der Waals surface area contributed by atoms with E-state index in [0.717, 1.165) is 104 Å². The van der Waals surface area contributed by atoms with Crippen molar-refractivity contribution in [2.45, 2.75) is 129 Å². The summed E-state index contributed by atoms with van der Waals surface area (Å²) in [5.41, 5.74) is 3.23. The minimum Gasteiger partial charge on any atom is -0.508 e. The average molecular weight is 553 g/mol. The lowest BCUT2D eigenvalue weighted by Crippen LogP contribution is -2.47. The molecule has 6 nitrogen and oxygen atoms in total. The van der Waals surface area contributed by atoms with Crippen molar-refractivity contribution >= 4 is 11.8 Å². The molecule has 0 heterocycles. The third-order valence-electron chi connectivity index (χ3n) is 7.87. The summed E-state index contributed by atoms with van der Waals surface area (Å²) in [6.07, 6.45) is 12.2. The molecule has 40 heavy (non-hydrogen) atoms. The zero-order valence-electron chi connectivity index (χ0n) is 25.3. The van der Waals surface area contributed by atoms with Gasteiger partial charge in [-0.2, -0.15) is 0 Å². The van der Waals surface area contributed by atoms with E-state index in [2.05, 4.69) is 27.7 Å². The standard InChI is InChI=1S/C34H52N2O4/c1-5-9-13-17-29(25-19-21-31(37)27(23-25)15-11-7-3)33(39)36(35)34(40)30(18-14-10-6-2)26-20-22-32(38)28(24-26)16-12-8-4/h19-24,29-30,37-38H,5-18,35H2,1-4H3. The summed E-state index contributed by atoms with van der Waals surface area (Å²) >= 11 is 0. The number of amides is 2. The number of phenols is 2. The van der Waals surface area contributed by atoms with Gasteiger partial charge in [-0.05, 0) is 72.9 Å². The molecule has 4 N–H and O–H groups in total. The van der Waals surface area contributed by atoms with Crippen LogP contribution in [0.2, 0.25) is 0 Å². The SMILES string of the molecule is CCCCCC(C(=O)N(N)C(=O)C(CCCCC)c1ccc(O)c(CCCC)c1)c1ccc(O)c(CCCC)c1. The molecule has 2 rings (SSSR count). The van der Waals surface area contributed by atoms with Crippen LogP contribution in [0.25, 0.3) is 0 Å². The molecule has 2 amide bonds. The first-order valence-corrected chi connectivity index (χ1v) is 15.5. The highest BCUT2D eigenvalue weighted by Gasteiger charge is 2.33. The van der Waals surface area contributed by atoms with E-state index < -0.39 is 23.7 Å². The third kappa shape index (κ3) is 9.65. The Balaban J connectivity index is 2.40. The molecule has 6 heteroatoms. The van der Waals surface area contributed by atoms with E-state index in [4.69, 9.17) is 5.84 Å².